The first-order chi connectivity index (χ1) is 18.9. The van der Waals surface area contributed by atoms with Crippen LogP contribution >= 0.6 is 11.3 Å². The van der Waals surface area contributed by atoms with Crippen molar-refractivity contribution in [3.8, 4) is 11.5 Å². The molecule has 1 aromatic heterocycles. The molecule has 0 bridgehead atoms. The van der Waals surface area contributed by atoms with Gasteiger partial charge in [-0.3, -0.25) is 0 Å². The average Bonchev–Trinajstić information content (AvgIpc) is 3.40. The van der Waals surface area contributed by atoms with Crippen LogP contribution in [-0.2, 0) is 16.4 Å². The summed E-state index contributed by atoms with van der Waals surface area (Å²) in [6.07, 6.45) is 0.667. The van der Waals surface area contributed by atoms with Crippen molar-refractivity contribution in [1.29, 1.82) is 0 Å². The molecule has 0 unspecified atom stereocenters. The molecule has 4 rings (SSSR count). The number of hydrogen-bond donors (Lipinski definition) is 0. The van der Waals surface area contributed by atoms with Crippen molar-refractivity contribution in [2.75, 3.05) is 45.3 Å². The van der Waals surface area contributed by atoms with Crippen LogP contribution in [0.2, 0.25) is 0 Å². The average molecular weight is 586 g/mol. The fourth-order valence-electron chi connectivity index (χ4n) is 5.14. The minimum atomic E-state index is -3.64. The van der Waals surface area contributed by atoms with E-state index in [-0.39, 0.29) is 11.8 Å². The third-order valence-corrected chi connectivity index (χ3v) is 10.5. The number of sulfonamides is 1. The Bertz CT molecular complexity index is 1370. The maximum absolute atomic E-state index is 14.1. The number of ether oxygens (including phenoxy) is 2. The topological polar surface area (TPSA) is 72.0 Å². The summed E-state index contributed by atoms with van der Waals surface area (Å²) < 4.78 is 40.8. The third kappa shape index (κ3) is 6.47. The van der Waals surface area contributed by atoms with Gasteiger partial charge < -0.3 is 14.4 Å². The fourth-order valence-corrected chi connectivity index (χ4v) is 8.10. The zero-order valence-corrected chi connectivity index (χ0v) is 26.7. The molecule has 1 saturated heterocycles. The lowest BCUT2D eigenvalue weighted by Gasteiger charge is -2.35. The van der Waals surface area contributed by atoms with Crippen LogP contribution in [0.15, 0.2) is 40.6 Å². The number of piperazine rings is 1. The number of aromatic nitrogens is 1. The van der Waals surface area contributed by atoms with Crippen LogP contribution in [0.4, 0.5) is 5.13 Å². The van der Waals surface area contributed by atoms with E-state index in [2.05, 4.69) is 64.0 Å². The summed E-state index contributed by atoms with van der Waals surface area (Å²) in [7, 11) is -0.352. The van der Waals surface area contributed by atoms with E-state index in [0.717, 1.165) is 39.0 Å². The molecule has 1 aliphatic rings. The van der Waals surface area contributed by atoms with Crippen LogP contribution in [0.25, 0.3) is 0 Å². The van der Waals surface area contributed by atoms with E-state index in [1.807, 2.05) is 18.2 Å². The van der Waals surface area contributed by atoms with Crippen molar-refractivity contribution >= 4 is 26.5 Å². The number of nitrogens with zero attached hydrogens (tertiary/aromatic N) is 3. The molecule has 0 saturated carbocycles. The van der Waals surface area contributed by atoms with Gasteiger partial charge >= 0.3 is 0 Å². The second kappa shape index (κ2) is 12.5. The van der Waals surface area contributed by atoms with Gasteiger partial charge in [0.05, 0.1) is 24.8 Å². The molecular weight excluding hydrogens is 542 g/mol. The van der Waals surface area contributed by atoms with Crippen LogP contribution in [0.1, 0.15) is 87.2 Å². The predicted octanol–water partition coefficient (Wildman–Crippen LogP) is 6.63. The van der Waals surface area contributed by atoms with Crippen molar-refractivity contribution in [3.05, 3.63) is 63.7 Å². The van der Waals surface area contributed by atoms with E-state index < -0.39 is 10.0 Å². The van der Waals surface area contributed by atoms with Crippen molar-refractivity contribution < 1.29 is 17.9 Å². The molecule has 3 aromatic rings. The van der Waals surface area contributed by atoms with Crippen molar-refractivity contribution in [2.45, 2.75) is 70.6 Å². The highest BCUT2D eigenvalue weighted by atomic mass is 32.2. The summed E-state index contributed by atoms with van der Waals surface area (Å²) >= 11 is 1.60. The van der Waals surface area contributed by atoms with Crippen LogP contribution in [-0.4, -0.2) is 58.1 Å². The van der Waals surface area contributed by atoms with Crippen LogP contribution < -0.4 is 14.4 Å². The van der Waals surface area contributed by atoms with Gasteiger partial charge in [-0.1, -0.05) is 53.7 Å². The highest BCUT2D eigenvalue weighted by molar-refractivity contribution is 7.89. The summed E-state index contributed by atoms with van der Waals surface area (Å²) in [6.45, 7) is 14.8. The van der Waals surface area contributed by atoms with Crippen LogP contribution in [0.5, 0.6) is 11.5 Å². The smallest absolute Gasteiger partial charge is 0.243 e. The fraction of sp³-hybridized carbons (Fsp3) is 0.516. The maximum Gasteiger partial charge on any atom is 0.243 e. The first kappa shape index (κ1) is 30.3. The van der Waals surface area contributed by atoms with Gasteiger partial charge in [0, 0.05) is 44.0 Å². The van der Waals surface area contributed by atoms with Gasteiger partial charge in [-0.25, -0.2) is 13.4 Å². The zero-order valence-electron chi connectivity index (χ0n) is 25.0. The van der Waals surface area contributed by atoms with Gasteiger partial charge in [-0.15, -0.1) is 11.3 Å². The molecule has 9 heteroatoms. The number of benzene rings is 2. The second-order valence-corrected chi connectivity index (χ2v) is 14.1. The molecule has 2 aromatic carbocycles. The Labute approximate surface area is 244 Å². The summed E-state index contributed by atoms with van der Waals surface area (Å²) in [4.78, 5) is 7.59. The molecule has 0 N–H and O–H groups in total. The van der Waals surface area contributed by atoms with Crippen molar-refractivity contribution in [1.82, 2.24) is 9.29 Å². The molecule has 0 atom stereocenters. The van der Waals surface area contributed by atoms with Gasteiger partial charge in [0.1, 0.15) is 11.5 Å². The van der Waals surface area contributed by atoms with E-state index in [4.69, 9.17) is 14.5 Å². The molecule has 0 spiro atoms. The number of rotatable bonds is 10. The van der Waals surface area contributed by atoms with Gasteiger partial charge in [0.15, 0.2) is 5.13 Å². The zero-order chi connectivity index (χ0) is 29.2. The van der Waals surface area contributed by atoms with E-state index in [1.54, 1.807) is 29.9 Å². The predicted molar refractivity (Wildman–Crippen MR) is 164 cm³/mol. The minimum Gasteiger partial charge on any atom is -0.497 e. The number of hydrogen-bond acceptors (Lipinski definition) is 7. The molecular formula is C31H43N3O4S2. The van der Waals surface area contributed by atoms with Crippen molar-refractivity contribution in [2.24, 2.45) is 0 Å². The van der Waals surface area contributed by atoms with Gasteiger partial charge in [0.2, 0.25) is 10.0 Å². The lowest BCUT2D eigenvalue weighted by atomic mass is 9.89. The van der Waals surface area contributed by atoms with Crippen LogP contribution in [0.3, 0.4) is 0 Å². The maximum atomic E-state index is 14.1. The van der Waals surface area contributed by atoms with Crippen molar-refractivity contribution in [3.63, 3.8) is 0 Å². The van der Waals surface area contributed by atoms with Gasteiger partial charge in [-0.2, -0.15) is 4.31 Å². The van der Waals surface area contributed by atoms with E-state index in [1.165, 1.54) is 5.56 Å². The summed E-state index contributed by atoms with van der Waals surface area (Å²) in [5, 5.41) is 3.00. The molecule has 0 aliphatic carbocycles. The van der Waals surface area contributed by atoms with Gasteiger partial charge in [-0.05, 0) is 52.1 Å². The Hall–Kier alpha value is -2.62. The van der Waals surface area contributed by atoms with E-state index >= 15 is 0 Å². The highest BCUT2D eigenvalue weighted by Gasteiger charge is 2.34. The monoisotopic (exact) mass is 585 g/mol. The summed E-state index contributed by atoms with van der Waals surface area (Å²) in [6, 6.07) is 10.1. The second-order valence-electron chi connectivity index (χ2n) is 11.4. The summed E-state index contributed by atoms with van der Waals surface area (Å²) in [5.41, 5.74) is 5.09. The van der Waals surface area contributed by atoms with E-state index in [0.29, 0.717) is 43.4 Å². The lowest BCUT2D eigenvalue weighted by Crippen LogP contribution is -2.49. The normalized spacial score (nSPS) is 14.9. The summed E-state index contributed by atoms with van der Waals surface area (Å²) in [5.74, 6) is 2.06. The Morgan fingerprint density at radius 1 is 0.825 bits per heavy atom. The molecule has 218 valence electrons. The highest BCUT2D eigenvalue weighted by Crippen LogP contribution is 2.37. The lowest BCUT2D eigenvalue weighted by molar-refractivity contribution is 0.383. The molecule has 7 nitrogen and oxygen atoms in total. The molecule has 0 amide bonds. The van der Waals surface area contributed by atoms with E-state index in [9.17, 15) is 8.42 Å². The molecule has 40 heavy (non-hydrogen) atoms. The molecule has 2 heterocycles. The standard InChI is InChI=1S/C31H43N3O4S2/c1-20(2)24-16-28(21(3)4)30(29(17-24)22(5)6)40(35,36)34-11-9-33(10-12-34)31-32-25(19-39-31)13-23-14-26(37-7)18-27(15-23)38-8/h14-22H,9-13H2,1-8H3. The number of thiazole rings is 1. The molecule has 1 aliphatic heterocycles. The Morgan fingerprint density at radius 3 is 1.85 bits per heavy atom. The quantitative estimate of drug-likeness (QED) is 0.266. The molecule has 1 fully saturated rings. The Morgan fingerprint density at radius 2 is 1.38 bits per heavy atom. The first-order valence-corrected chi connectivity index (χ1v) is 16.4. The molecule has 0 radical (unpaired) electrons. The van der Waals surface area contributed by atoms with Crippen LogP contribution in [0, 0.1) is 0 Å². The number of anilines is 1. The minimum absolute atomic E-state index is 0.112. The SMILES string of the molecule is COc1cc(Cc2csc(N3CCN(S(=O)(=O)c4c(C(C)C)cc(C(C)C)cc4C(C)C)CC3)n2)cc(OC)c1. The first-order valence-electron chi connectivity index (χ1n) is 14.0. The third-order valence-electron chi connectivity index (χ3n) is 7.52. The number of methoxy groups -OCH3 is 2. The largest absolute Gasteiger partial charge is 0.497 e. The Balaban J connectivity index is 1.52. The van der Waals surface area contributed by atoms with Gasteiger partial charge in [0.25, 0.3) is 0 Å². The Kier molecular flexibility index (Phi) is 9.47.